The number of hydrogen-bond acceptors (Lipinski definition) is 3. The van der Waals surface area contributed by atoms with E-state index >= 15 is 0 Å². The van der Waals surface area contributed by atoms with Gasteiger partial charge < -0.3 is 5.32 Å². The molecule has 0 amide bonds. The largest absolute Gasteiger partial charge is 0.417 e. The zero-order valence-corrected chi connectivity index (χ0v) is 8.99. The molecule has 7 heteroatoms. The van der Waals surface area contributed by atoms with Crippen LogP contribution in [0.2, 0.25) is 0 Å². The van der Waals surface area contributed by atoms with E-state index in [1.165, 1.54) is 12.1 Å². The molecule has 0 saturated carbocycles. The zero-order chi connectivity index (χ0) is 13.1. The molecule has 1 aromatic carbocycles. The van der Waals surface area contributed by atoms with Gasteiger partial charge in [0.2, 0.25) is 6.54 Å². The Hall–Kier alpha value is -1.79. The van der Waals surface area contributed by atoms with E-state index in [0.29, 0.717) is 0 Å². The molecule has 17 heavy (non-hydrogen) atoms. The van der Waals surface area contributed by atoms with E-state index in [0.717, 1.165) is 6.92 Å². The minimum absolute atomic E-state index is 0.189. The lowest BCUT2D eigenvalue weighted by atomic mass is 10.0. The number of nitrogens with one attached hydrogen (secondary N) is 1. The van der Waals surface area contributed by atoms with Crippen LogP contribution in [0.15, 0.2) is 30.3 Å². The third-order valence-electron chi connectivity index (χ3n) is 2.26. The Labute approximate surface area is 95.6 Å². The average molecular weight is 248 g/mol. The van der Waals surface area contributed by atoms with Gasteiger partial charge >= 0.3 is 6.18 Å². The van der Waals surface area contributed by atoms with Gasteiger partial charge in [-0.1, -0.05) is 18.2 Å². The number of halogens is 3. The molecule has 1 unspecified atom stereocenters. The van der Waals surface area contributed by atoms with E-state index in [-0.39, 0.29) is 5.69 Å². The van der Waals surface area contributed by atoms with Crippen LogP contribution in [0, 0.1) is 10.1 Å². The molecule has 1 rings (SSSR count). The average Bonchev–Trinajstić information content (AvgIpc) is 2.15. The Morgan fingerprint density at radius 2 is 1.82 bits per heavy atom. The van der Waals surface area contributed by atoms with Crippen molar-refractivity contribution in [3.63, 3.8) is 0 Å². The molecular formula is C10H11F3N2O2. The molecule has 94 valence electrons. The molecule has 0 fully saturated rings. The molecule has 1 N–H and O–H groups in total. The Bertz CT molecular complexity index is 394. The summed E-state index contributed by atoms with van der Waals surface area (Å²) in [4.78, 5) is 9.33. The third kappa shape index (κ3) is 3.33. The summed E-state index contributed by atoms with van der Waals surface area (Å²) in [5, 5.41) is 12.5. The molecule has 0 aromatic heterocycles. The van der Waals surface area contributed by atoms with Gasteiger partial charge in [-0.05, 0) is 19.1 Å². The summed E-state index contributed by atoms with van der Waals surface area (Å²) in [5.41, 5.74) is -2.40. The summed E-state index contributed by atoms with van der Waals surface area (Å²) >= 11 is 0. The highest BCUT2D eigenvalue weighted by Crippen LogP contribution is 2.33. The molecule has 4 nitrogen and oxygen atoms in total. The van der Waals surface area contributed by atoms with E-state index in [1.54, 1.807) is 18.2 Å². The first-order chi connectivity index (χ1) is 7.74. The first-order valence-corrected chi connectivity index (χ1v) is 4.76. The van der Waals surface area contributed by atoms with E-state index in [2.05, 4.69) is 5.32 Å². The lowest BCUT2D eigenvalue weighted by molar-refractivity contribution is -0.496. The molecule has 0 aliphatic carbocycles. The molecule has 1 atom stereocenters. The van der Waals surface area contributed by atoms with E-state index in [1.807, 2.05) is 0 Å². The Kier molecular flexibility index (Phi) is 3.59. The van der Waals surface area contributed by atoms with Crippen molar-refractivity contribution in [2.75, 3.05) is 11.9 Å². The standard InChI is InChI=1S/C10H11F3N2O2/c1-9(7-15(16)17,10(11,12)13)14-8-5-3-2-4-6-8/h2-6,14H,7H2,1H3. The molecular weight excluding hydrogens is 237 g/mol. The first kappa shape index (κ1) is 13.3. The van der Waals surface area contributed by atoms with Crippen molar-refractivity contribution in [2.24, 2.45) is 0 Å². The fraction of sp³-hybridized carbons (Fsp3) is 0.400. The molecule has 1 aromatic rings. The van der Waals surface area contributed by atoms with Crippen LogP contribution in [0.25, 0.3) is 0 Å². The molecule has 0 aliphatic heterocycles. The third-order valence-corrected chi connectivity index (χ3v) is 2.26. The van der Waals surface area contributed by atoms with Crippen LogP contribution in [-0.4, -0.2) is 23.2 Å². The molecule has 0 bridgehead atoms. The van der Waals surface area contributed by atoms with Gasteiger partial charge in [-0.15, -0.1) is 0 Å². The van der Waals surface area contributed by atoms with Crippen LogP contribution in [-0.2, 0) is 0 Å². The second-order valence-electron chi connectivity index (χ2n) is 3.81. The van der Waals surface area contributed by atoms with Crippen LogP contribution in [0.4, 0.5) is 18.9 Å². The maximum Gasteiger partial charge on any atom is 0.417 e. The van der Waals surface area contributed by atoms with Crippen LogP contribution >= 0.6 is 0 Å². The predicted molar refractivity (Wildman–Crippen MR) is 56.4 cm³/mol. The Morgan fingerprint density at radius 3 is 2.24 bits per heavy atom. The van der Waals surface area contributed by atoms with E-state index in [4.69, 9.17) is 0 Å². The highest BCUT2D eigenvalue weighted by molar-refractivity contribution is 5.45. The molecule has 0 radical (unpaired) electrons. The lowest BCUT2D eigenvalue weighted by Crippen LogP contribution is -2.54. The summed E-state index contributed by atoms with van der Waals surface area (Å²) in [6.45, 7) is -0.464. The van der Waals surface area contributed by atoms with Crippen LogP contribution in [0.5, 0.6) is 0 Å². The fourth-order valence-electron chi connectivity index (χ4n) is 1.30. The van der Waals surface area contributed by atoms with Gasteiger partial charge in [0.05, 0.1) is 0 Å². The van der Waals surface area contributed by atoms with Crippen molar-refractivity contribution in [1.29, 1.82) is 0 Å². The van der Waals surface area contributed by atoms with E-state index < -0.39 is 23.2 Å². The lowest BCUT2D eigenvalue weighted by Gasteiger charge is -2.30. The number of nitrogens with zero attached hydrogens (tertiary/aromatic N) is 1. The number of para-hydroxylation sites is 1. The second kappa shape index (κ2) is 4.60. The highest BCUT2D eigenvalue weighted by Gasteiger charge is 2.55. The van der Waals surface area contributed by atoms with Crippen LogP contribution in [0.3, 0.4) is 0 Å². The monoisotopic (exact) mass is 248 g/mol. The highest BCUT2D eigenvalue weighted by atomic mass is 19.4. The van der Waals surface area contributed by atoms with Gasteiger partial charge in [0, 0.05) is 10.6 Å². The summed E-state index contributed by atoms with van der Waals surface area (Å²) in [5.74, 6) is 0. The number of alkyl halides is 3. The minimum Gasteiger partial charge on any atom is -0.366 e. The molecule has 0 saturated heterocycles. The number of rotatable bonds is 4. The number of nitro groups is 1. The van der Waals surface area contributed by atoms with Crippen molar-refractivity contribution >= 4 is 5.69 Å². The van der Waals surface area contributed by atoms with Crippen molar-refractivity contribution in [2.45, 2.75) is 18.6 Å². The topological polar surface area (TPSA) is 55.2 Å². The van der Waals surface area contributed by atoms with Crippen molar-refractivity contribution in [3.05, 3.63) is 40.4 Å². The summed E-state index contributed by atoms with van der Waals surface area (Å²) in [6.07, 6.45) is -4.71. The van der Waals surface area contributed by atoms with Gasteiger partial charge in [0.1, 0.15) is 0 Å². The summed E-state index contributed by atoms with van der Waals surface area (Å²) in [6, 6.07) is 7.58. The number of anilines is 1. The van der Waals surface area contributed by atoms with Gasteiger partial charge in [-0.3, -0.25) is 10.1 Å². The Balaban J connectivity index is 2.96. The fourth-order valence-corrected chi connectivity index (χ4v) is 1.30. The smallest absolute Gasteiger partial charge is 0.366 e. The van der Waals surface area contributed by atoms with Gasteiger partial charge in [-0.25, -0.2) is 0 Å². The molecule has 0 spiro atoms. The predicted octanol–water partition coefficient (Wildman–Crippen LogP) is 2.70. The van der Waals surface area contributed by atoms with Crippen molar-refractivity contribution in [3.8, 4) is 0 Å². The number of benzene rings is 1. The zero-order valence-electron chi connectivity index (χ0n) is 8.99. The van der Waals surface area contributed by atoms with Gasteiger partial charge in [0.15, 0.2) is 5.54 Å². The van der Waals surface area contributed by atoms with Crippen molar-refractivity contribution < 1.29 is 18.1 Å². The molecule has 0 heterocycles. The van der Waals surface area contributed by atoms with Gasteiger partial charge in [-0.2, -0.15) is 13.2 Å². The first-order valence-electron chi connectivity index (χ1n) is 4.76. The quantitative estimate of drug-likeness (QED) is 0.658. The van der Waals surface area contributed by atoms with Crippen LogP contribution < -0.4 is 5.32 Å². The Morgan fingerprint density at radius 1 is 1.29 bits per heavy atom. The van der Waals surface area contributed by atoms with Crippen LogP contribution in [0.1, 0.15) is 6.92 Å². The normalized spacial score (nSPS) is 15.1. The van der Waals surface area contributed by atoms with Crippen molar-refractivity contribution in [1.82, 2.24) is 0 Å². The minimum atomic E-state index is -4.71. The second-order valence-corrected chi connectivity index (χ2v) is 3.81. The summed E-state index contributed by atoms with van der Waals surface area (Å²) < 4.78 is 38.4. The van der Waals surface area contributed by atoms with E-state index in [9.17, 15) is 23.3 Å². The molecule has 0 aliphatic rings. The van der Waals surface area contributed by atoms with Gasteiger partial charge in [0.25, 0.3) is 0 Å². The maximum absolute atomic E-state index is 12.8. The summed E-state index contributed by atoms with van der Waals surface area (Å²) in [7, 11) is 0. The SMILES string of the molecule is CC(C[N+](=O)[O-])(Nc1ccccc1)C(F)(F)F. The number of hydrogen-bond donors (Lipinski definition) is 1. The maximum atomic E-state index is 12.8.